The molecule has 0 spiro atoms. The second-order valence-corrected chi connectivity index (χ2v) is 5.70. The number of aromatic nitrogens is 3. The van der Waals surface area contributed by atoms with Gasteiger partial charge in [0, 0.05) is 24.5 Å². The molecule has 2 heterocycles. The lowest BCUT2D eigenvalue weighted by molar-refractivity contribution is 0.0707. The van der Waals surface area contributed by atoms with Crippen molar-refractivity contribution in [1.29, 1.82) is 0 Å². The molecule has 2 aromatic rings. The van der Waals surface area contributed by atoms with Crippen molar-refractivity contribution in [3.63, 3.8) is 0 Å². The van der Waals surface area contributed by atoms with Crippen LogP contribution in [-0.2, 0) is 0 Å². The molecule has 1 N–H and O–H groups in total. The summed E-state index contributed by atoms with van der Waals surface area (Å²) >= 11 is 0. The largest absolute Gasteiger partial charge is 0.395 e. The number of hydrogen-bond acceptors (Lipinski definition) is 4. The van der Waals surface area contributed by atoms with E-state index in [1.165, 1.54) is 0 Å². The lowest BCUT2D eigenvalue weighted by atomic mass is 10.2. The first-order valence-electron chi connectivity index (χ1n) is 7.51. The summed E-state index contributed by atoms with van der Waals surface area (Å²) in [4.78, 5) is 18.6. The van der Waals surface area contributed by atoms with Crippen LogP contribution in [0, 0.1) is 13.8 Å². The van der Waals surface area contributed by atoms with Gasteiger partial charge in [-0.2, -0.15) is 5.10 Å². The van der Waals surface area contributed by atoms with Gasteiger partial charge in [-0.3, -0.25) is 4.79 Å². The fourth-order valence-electron chi connectivity index (χ4n) is 2.61. The van der Waals surface area contributed by atoms with Crippen LogP contribution in [0.1, 0.15) is 34.6 Å². The van der Waals surface area contributed by atoms with E-state index in [2.05, 4.69) is 10.1 Å². The van der Waals surface area contributed by atoms with E-state index in [1.807, 2.05) is 19.9 Å². The van der Waals surface area contributed by atoms with Gasteiger partial charge in [0.2, 0.25) is 0 Å². The first kappa shape index (κ1) is 14.7. The van der Waals surface area contributed by atoms with Crippen LogP contribution in [0.15, 0.2) is 24.4 Å². The molecule has 2 aromatic heterocycles. The number of hydrogen-bond donors (Lipinski definition) is 1. The number of carbonyl (C=O) groups is 1. The van der Waals surface area contributed by atoms with Crippen molar-refractivity contribution >= 4 is 5.91 Å². The summed E-state index contributed by atoms with van der Waals surface area (Å²) in [5.41, 5.74) is 2.48. The summed E-state index contributed by atoms with van der Waals surface area (Å²) < 4.78 is 1.76. The van der Waals surface area contributed by atoms with Crippen LogP contribution in [0.4, 0.5) is 0 Å². The minimum absolute atomic E-state index is 0.0144. The molecule has 3 rings (SSSR count). The average molecular weight is 300 g/mol. The Morgan fingerprint density at radius 2 is 2.18 bits per heavy atom. The highest BCUT2D eigenvalue weighted by atomic mass is 16.3. The zero-order valence-electron chi connectivity index (χ0n) is 12.9. The molecular formula is C16H20N4O2. The van der Waals surface area contributed by atoms with Crippen LogP contribution in [0.3, 0.4) is 0 Å². The van der Waals surface area contributed by atoms with Gasteiger partial charge in [-0.25, -0.2) is 9.67 Å². The molecule has 1 fully saturated rings. The van der Waals surface area contributed by atoms with Gasteiger partial charge >= 0.3 is 0 Å². The summed E-state index contributed by atoms with van der Waals surface area (Å²) in [6, 6.07) is 5.83. The van der Waals surface area contributed by atoms with Crippen molar-refractivity contribution in [2.75, 3.05) is 13.2 Å². The number of rotatable bonds is 5. The summed E-state index contributed by atoms with van der Waals surface area (Å²) in [5, 5.41) is 13.5. The predicted octanol–water partition coefficient (Wildman–Crippen LogP) is 1.48. The third-order valence-corrected chi connectivity index (χ3v) is 3.81. The first-order valence-corrected chi connectivity index (χ1v) is 7.51. The predicted molar refractivity (Wildman–Crippen MR) is 82.0 cm³/mol. The van der Waals surface area contributed by atoms with E-state index in [0.717, 1.165) is 24.2 Å². The quantitative estimate of drug-likeness (QED) is 0.908. The van der Waals surface area contributed by atoms with Gasteiger partial charge in [-0.05, 0) is 44.9 Å². The van der Waals surface area contributed by atoms with Gasteiger partial charge in [0.25, 0.3) is 5.91 Å². The molecule has 0 bridgehead atoms. The second kappa shape index (κ2) is 5.88. The first-order chi connectivity index (χ1) is 10.6. The van der Waals surface area contributed by atoms with E-state index < -0.39 is 0 Å². The zero-order valence-corrected chi connectivity index (χ0v) is 12.9. The molecule has 0 radical (unpaired) electrons. The van der Waals surface area contributed by atoms with E-state index in [-0.39, 0.29) is 18.6 Å². The lowest BCUT2D eigenvalue weighted by Crippen LogP contribution is -2.35. The maximum Gasteiger partial charge on any atom is 0.255 e. The molecule has 1 aliphatic carbocycles. The Balaban J connectivity index is 1.81. The van der Waals surface area contributed by atoms with Crippen LogP contribution in [0.2, 0.25) is 0 Å². The molecule has 0 aliphatic heterocycles. The molecule has 1 aliphatic rings. The molecule has 6 heteroatoms. The number of aryl methyl sites for hydroxylation is 2. The monoisotopic (exact) mass is 300 g/mol. The van der Waals surface area contributed by atoms with Gasteiger partial charge in [0.1, 0.15) is 0 Å². The number of carbonyl (C=O) groups excluding carboxylic acids is 1. The smallest absolute Gasteiger partial charge is 0.255 e. The average Bonchev–Trinajstić information content (AvgIpc) is 3.29. The molecule has 0 unspecified atom stereocenters. The highest BCUT2D eigenvalue weighted by Crippen LogP contribution is 2.28. The number of aliphatic hydroxyl groups is 1. The second-order valence-electron chi connectivity index (χ2n) is 5.70. The van der Waals surface area contributed by atoms with E-state index in [9.17, 15) is 4.79 Å². The van der Waals surface area contributed by atoms with Gasteiger partial charge < -0.3 is 10.0 Å². The van der Waals surface area contributed by atoms with Crippen LogP contribution in [0.5, 0.6) is 0 Å². The highest BCUT2D eigenvalue weighted by Gasteiger charge is 2.32. The fourth-order valence-corrected chi connectivity index (χ4v) is 2.61. The number of pyridine rings is 1. The molecule has 0 saturated heterocycles. The van der Waals surface area contributed by atoms with E-state index in [0.29, 0.717) is 17.9 Å². The van der Waals surface area contributed by atoms with Crippen molar-refractivity contribution in [2.24, 2.45) is 0 Å². The molecule has 0 atom stereocenters. The van der Waals surface area contributed by atoms with E-state index in [4.69, 9.17) is 5.11 Å². The van der Waals surface area contributed by atoms with E-state index >= 15 is 0 Å². The van der Waals surface area contributed by atoms with Crippen molar-refractivity contribution in [3.05, 3.63) is 41.3 Å². The molecule has 116 valence electrons. The van der Waals surface area contributed by atoms with Gasteiger partial charge in [-0.15, -0.1) is 0 Å². The van der Waals surface area contributed by atoms with Gasteiger partial charge in [-0.1, -0.05) is 0 Å². The molecule has 6 nitrogen and oxygen atoms in total. The molecular weight excluding hydrogens is 280 g/mol. The normalized spacial score (nSPS) is 14.1. The molecule has 0 aromatic carbocycles. The third-order valence-electron chi connectivity index (χ3n) is 3.81. The minimum Gasteiger partial charge on any atom is -0.395 e. The van der Waals surface area contributed by atoms with Crippen molar-refractivity contribution in [3.8, 4) is 5.82 Å². The Kier molecular flexibility index (Phi) is 3.94. The van der Waals surface area contributed by atoms with Crippen molar-refractivity contribution < 1.29 is 9.90 Å². The maximum atomic E-state index is 12.5. The van der Waals surface area contributed by atoms with Crippen LogP contribution in [0.25, 0.3) is 5.82 Å². The summed E-state index contributed by atoms with van der Waals surface area (Å²) in [5.74, 6) is 0.631. The molecule has 1 amide bonds. The summed E-state index contributed by atoms with van der Waals surface area (Å²) in [7, 11) is 0. The Bertz CT molecular complexity index is 674. The van der Waals surface area contributed by atoms with Crippen LogP contribution in [-0.4, -0.2) is 49.9 Å². The minimum atomic E-state index is -0.0658. The topological polar surface area (TPSA) is 71.2 Å². The molecule has 1 saturated carbocycles. The third kappa shape index (κ3) is 2.87. The summed E-state index contributed by atoms with van der Waals surface area (Å²) in [6.45, 7) is 4.27. The number of nitrogens with zero attached hydrogens (tertiary/aromatic N) is 4. The van der Waals surface area contributed by atoms with Crippen LogP contribution < -0.4 is 0 Å². The fraction of sp³-hybridized carbons (Fsp3) is 0.438. The van der Waals surface area contributed by atoms with E-state index in [1.54, 1.807) is 27.9 Å². The van der Waals surface area contributed by atoms with Gasteiger partial charge in [0.05, 0.1) is 17.9 Å². The van der Waals surface area contributed by atoms with Crippen molar-refractivity contribution in [2.45, 2.75) is 32.7 Å². The number of aliphatic hydroxyl groups excluding tert-OH is 1. The Morgan fingerprint density at radius 1 is 1.41 bits per heavy atom. The Hall–Kier alpha value is -2.21. The zero-order chi connectivity index (χ0) is 15.7. The van der Waals surface area contributed by atoms with Crippen LogP contribution >= 0.6 is 0 Å². The maximum absolute atomic E-state index is 12.5. The van der Waals surface area contributed by atoms with Crippen molar-refractivity contribution in [1.82, 2.24) is 19.7 Å². The SMILES string of the molecule is Cc1cc(C)n(-c2ccc(C(=O)N(CCO)C3CC3)cn2)n1. The Morgan fingerprint density at radius 3 is 2.68 bits per heavy atom. The summed E-state index contributed by atoms with van der Waals surface area (Å²) in [6.07, 6.45) is 3.62. The standard InChI is InChI=1S/C16H20N4O2/c1-11-9-12(2)20(18-11)15-6-3-13(10-17-15)16(22)19(7-8-21)14-4-5-14/h3,6,9-10,14,21H,4-5,7-8H2,1-2H3. The highest BCUT2D eigenvalue weighted by molar-refractivity contribution is 5.94. The Labute approximate surface area is 129 Å². The van der Waals surface area contributed by atoms with Gasteiger partial charge in [0.15, 0.2) is 5.82 Å². The molecule has 22 heavy (non-hydrogen) atoms. The number of amides is 1. The lowest BCUT2D eigenvalue weighted by Gasteiger charge is -2.21.